The van der Waals surface area contributed by atoms with E-state index in [-0.39, 0.29) is 17.5 Å². The smallest absolute Gasteiger partial charge is 0.243 e. The zero-order valence-corrected chi connectivity index (χ0v) is 27.3. The van der Waals surface area contributed by atoms with E-state index < -0.39 is 5.41 Å². The number of fused-ring (bicyclic) bond motifs is 8. The Kier molecular flexibility index (Phi) is 4.52. The SMILES string of the molecule is CC1(C)c2cccc3c2B2c4c1cccc4C1(c4ccccc4N4c5ccccc5Sc5cccc1c54)c1cccc(c12)C3(C)C. The Morgan fingerprint density at radius 1 is 0.435 bits per heavy atom. The molecule has 6 aromatic rings. The third-order valence-electron chi connectivity index (χ3n) is 12.2. The Hall–Kier alpha value is -4.47. The molecule has 1 spiro atoms. The molecule has 0 saturated heterocycles. The van der Waals surface area contributed by atoms with Crippen LogP contribution in [-0.2, 0) is 16.2 Å². The largest absolute Gasteiger partial charge is 0.308 e. The van der Waals surface area contributed by atoms with Gasteiger partial charge >= 0.3 is 0 Å². The third-order valence-corrected chi connectivity index (χ3v) is 13.3. The van der Waals surface area contributed by atoms with E-state index in [0.717, 1.165) is 0 Å². The molecule has 0 unspecified atom stereocenters. The molecule has 0 aliphatic carbocycles. The highest BCUT2D eigenvalue weighted by atomic mass is 32.2. The summed E-state index contributed by atoms with van der Waals surface area (Å²) < 4.78 is 0. The summed E-state index contributed by atoms with van der Waals surface area (Å²) in [7, 11) is 0. The Morgan fingerprint density at radius 2 is 0.870 bits per heavy atom. The molecular formula is C43H32BNS. The monoisotopic (exact) mass is 605 g/mol. The van der Waals surface area contributed by atoms with Gasteiger partial charge in [-0.2, -0.15) is 0 Å². The molecule has 218 valence electrons. The van der Waals surface area contributed by atoms with Gasteiger partial charge < -0.3 is 4.90 Å². The lowest BCUT2D eigenvalue weighted by Crippen LogP contribution is -2.72. The van der Waals surface area contributed by atoms with E-state index in [2.05, 4.69) is 154 Å². The molecule has 0 aromatic heterocycles. The van der Waals surface area contributed by atoms with Crippen LogP contribution in [0.5, 0.6) is 0 Å². The molecule has 0 fully saturated rings. The van der Waals surface area contributed by atoms with E-state index in [1.54, 1.807) is 5.46 Å². The van der Waals surface area contributed by atoms with Crippen molar-refractivity contribution < 1.29 is 0 Å². The first kappa shape index (κ1) is 25.7. The molecular weight excluding hydrogens is 573 g/mol. The van der Waals surface area contributed by atoms with E-state index in [9.17, 15) is 0 Å². The Labute approximate surface area is 275 Å². The number of hydrogen-bond acceptors (Lipinski definition) is 2. The standard InChI is InChI=1S/C43H32BNS/c1-41(2)26-14-9-15-27-37(26)44-38-28(41)16-10-18-30(38)43(31-19-11-17-29(39(31)44)42(27,3)4)25-13-5-6-21-33(25)45-34-22-7-8-23-35(34)46-36-24-12-20-32(43)40(36)45/h5-24H,1-4H3. The second kappa shape index (κ2) is 8.08. The van der Waals surface area contributed by atoms with Crippen LogP contribution < -0.4 is 21.3 Å². The van der Waals surface area contributed by atoms with Crippen molar-refractivity contribution in [3.8, 4) is 0 Å². The predicted molar refractivity (Wildman–Crippen MR) is 192 cm³/mol. The molecule has 0 amide bonds. The van der Waals surface area contributed by atoms with Crippen molar-refractivity contribution in [1.82, 2.24) is 0 Å². The normalized spacial score (nSPS) is 18.3. The van der Waals surface area contributed by atoms with Gasteiger partial charge in [-0.25, -0.2) is 0 Å². The average molecular weight is 606 g/mol. The van der Waals surface area contributed by atoms with E-state index >= 15 is 0 Å². The summed E-state index contributed by atoms with van der Waals surface area (Å²) in [5.41, 5.74) is 19.5. The number of hydrogen-bond donors (Lipinski definition) is 0. The minimum absolute atomic E-state index is 0.112. The van der Waals surface area contributed by atoms with Crippen LogP contribution in [0.25, 0.3) is 0 Å². The second-order valence-corrected chi connectivity index (χ2v) is 15.9. The summed E-state index contributed by atoms with van der Waals surface area (Å²) in [6.07, 6.45) is 0. The fourth-order valence-corrected chi connectivity index (χ4v) is 11.5. The van der Waals surface area contributed by atoms with E-state index in [1.165, 1.54) is 82.3 Å². The molecule has 0 radical (unpaired) electrons. The summed E-state index contributed by atoms with van der Waals surface area (Å²) in [5, 5.41) is 0. The van der Waals surface area contributed by atoms with Crippen LogP contribution in [0.4, 0.5) is 17.1 Å². The molecule has 1 nitrogen and oxygen atoms in total. The van der Waals surface area contributed by atoms with Crippen LogP contribution in [0, 0.1) is 0 Å². The quantitative estimate of drug-likeness (QED) is 0.160. The number of para-hydroxylation sites is 3. The molecule has 6 aromatic carbocycles. The molecule has 5 heterocycles. The fraction of sp³-hybridized carbons (Fsp3) is 0.163. The van der Waals surface area contributed by atoms with Gasteiger partial charge in [0.1, 0.15) is 0 Å². The van der Waals surface area contributed by atoms with Gasteiger partial charge in [0.25, 0.3) is 0 Å². The number of benzene rings is 6. The van der Waals surface area contributed by atoms with E-state index in [4.69, 9.17) is 0 Å². The predicted octanol–water partition coefficient (Wildman–Crippen LogP) is 8.43. The maximum absolute atomic E-state index is 2.56. The first-order valence-corrected chi connectivity index (χ1v) is 17.4. The summed E-state index contributed by atoms with van der Waals surface area (Å²) >= 11 is 1.91. The summed E-state index contributed by atoms with van der Waals surface area (Å²) in [6.45, 7) is 10.1. The minimum Gasteiger partial charge on any atom is -0.308 e. The summed E-state index contributed by atoms with van der Waals surface area (Å²) in [5.74, 6) is 0. The van der Waals surface area contributed by atoms with Gasteiger partial charge in [-0.3, -0.25) is 0 Å². The highest BCUT2D eigenvalue weighted by molar-refractivity contribution is 7.99. The van der Waals surface area contributed by atoms with Crippen molar-refractivity contribution in [3.63, 3.8) is 0 Å². The maximum Gasteiger partial charge on any atom is 0.243 e. The number of anilines is 3. The van der Waals surface area contributed by atoms with Gasteiger partial charge in [0.05, 0.1) is 22.5 Å². The van der Waals surface area contributed by atoms with E-state index in [1.807, 2.05) is 11.8 Å². The minimum atomic E-state index is -0.450. The van der Waals surface area contributed by atoms with Crippen LogP contribution in [0.2, 0.25) is 0 Å². The lowest BCUT2D eigenvalue weighted by molar-refractivity contribution is 0.613. The molecule has 0 bridgehead atoms. The van der Waals surface area contributed by atoms with Gasteiger partial charge in [-0.1, -0.05) is 153 Å². The maximum atomic E-state index is 2.56. The number of nitrogens with zero attached hydrogens (tertiary/aromatic N) is 1. The first-order chi connectivity index (χ1) is 22.4. The molecule has 0 atom stereocenters. The van der Waals surface area contributed by atoms with Gasteiger partial charge in [-0.05, 0) is 68.8 Å². The zero-order chi connectivity index (χ0) is 30.7. The van der Waals surface area contributed by atoms with Crippen LogP contribution in [0.3, 0.4) is 0 Å². The van der Waals surface area contributed by atoms with Crippen molar-refractivity contribution in [2.45, 2.75) is 53.7 Å². The Morgan fingerprint density at radius 3 is 1.50 bits per heavy atom. The van der Waals surface area contributed by atoms with Crippen molar-refractivity contribution in [2.24, 2.45) is 0 Å². The lowest BCUT2D eigenvalue weighted by atomic mass is 9.23. The van der Waals surface area contributed by atoms with Gasteiger partial charge in [0, 0.05) is 20.6 Å². The summed E-state index contributed by atoms with van der Waals surface area (Å²) in [6, 6.07) is 46.9. The zero-order valence-electron chi connectivity index (χ0n) is 26.5. The van der Waals surface area contributed by atoms with Gasteiger partial charge in [0.2, 0.25) is 6.71 Å². The average Bonchev–Trinajstić information content (AvgIpc) is 3.08. The van der Waals surface area contributed by atoms with Crippen LogP contribution >= 0.6 is 11.8 Å². The van der Waals surface area contributed by atoms with Crippen LogP contribution in [0.1, 0.15) is 72.2 Å². The molecule has 0 saturated carbocycles. The highest BCUT2D eigenvalue weighted by Gasteiger charge is 2.59. The van der Waals surface area contributed by atoms with Crippen molar-refractivity contribution in [1.29, 1.82) is 0 Å². The van der Waals surface area contributed by atoms with E-state index in [0.29, 0.717) is 0 Å². The van der Waals surface area contributed by atoms with Gasteiger partial charge in [0.15, 0.2) is 0 Å². The molecule has 46 heavy (non-hydrogen) atoms. The fourth-order valence-electron chi connectivity index (χ4n) is 10.4. The molecule has 11 rings (SSSR count). The van der Waals surface area contributed by atoms with Crippen molar-refractivity contribution >= 4 is 51.9 Å². The molecule has 5 aliphatic rings. The molecule has 3 heteroatoms. The molecule has 5 aliphatic heterocycles. The number of rotatable bonds is 0. The topological polar surface area (TPSA) is 3.24 Å². The van der Waals surface area contributed by atoms with Crippen LogP contribution in [0.15, 0.2) is 131 Å². The first-order valence-electron chi connectivity index (χ1n) is 16.6. The molecule has 0 N–H and O–H groups in total. The lowest BCUT2D eigenvalue weighted by Gasteiger charge is -2.56. The Balaban J connectivity index is 1.37. The summed E-state index contributed by atoms with van der Waals surface area (Å²) in [4.78, 5) is 5.20. The Bertz CT molecular complexity index is 2300. The van der Waals surface area contributed by atoms with Crippen molar-refractivity contribution in [3.05, 3.63) is 166 Å². The third kappa shape index (κ3) is 2.63. The van der Waals surface area contributed by atoms with Crippen LogP contribution in [-0.4, -0.2) is 6.71 Å². The second-order valence-electron chi connectivity index (χ2n) is 14.8. The van der Waals surface area contributed by atoms with Gasteiger partial charge in [-0.15, -0.1) is 0 Å². The van der Waals surface area contributed by atoms with Crippen molar-refractivity contribution in [2.75, 3.05) is 4.90 Å². The highest BCUT2D eigenvalue weighted by Crippen LogP contribution is 2.64.